The van der Waals surface area contributed by atoms with Gasteiger partial charge in [-0.2, -0.15) is 11.8 Å². The molecule has 1 fully saturated rings. The van der Waals surface area contributed by atoms with Crippen molar-refractivity contribution in [2.24, 2.45) is 0 Å². The zero-order chi connectivity index (χ0) is 17.9. The highest BCUT2D eigenvalue weighted by atomic mass is 32.2. The molecule has 0 bridgehead atoms. The van der Waals surface area contributed by atoms with Crippen molar-refractivity contribution in [3.05, 3.63) is 65.2 Å². The molecule has 0 saturated carbocycles. The second-order valence-electron chi connectivity index (χ2n) is 7.03. The summed E-state index contributed by atoms with van der Waals surface area (Å²) in [6.45, 7) is 2.25. The molecule has 4 N–H and O–H groups in total. The van der Waals surface area contributed by atoms with Crippen LogP contribution in [0.5, 0.6) is 0 Å². The Balaban J connectivity index is 1.60. The summed E-state index contributed by atoms with van der Waals surface area (Å²) in [6.07, 6.45) is 2.29. The second kappa shape index (κ2) is 7.99. The molecule has 0 aliphatic carbocycles. The molecule has 26 heavy (non-hydrogen) atoms. The summed E-state index contributed by atoms with van der Waals surface area (Å²) in [4.78, 5) is 0.950. The van der Waals surface area contributed by atoms with Gasteiger partial charge in [-0.3, -0.25) is 0 Å². The molecular weight excluding hydrogens is 358 g/mol. The number of fused-ring (bicyclic) bond motifs is 1. The molecule has 0 spiro atoms. The Kier molecular flexibility index (Phi) is 5.48. The number of nitrogens with one attached hydrogen (secondary N) is 2. The molecule has 0 radical (unpaired) electrons. The maximum atomic E-state index is 6.25. The van der Waals surface area contributed by atoms with Crippen LogP contribution in [0.2, 0.25) is 0 Å². The van der Waals surface area contributed by atoms with E-state index in [-0.39, 0.29) is 6.04 Å². The fourth-order valence-corrected chi connectivity index (χ4v) is 5.51. The number of rotatable bonds is 4. The third-order valence-electron chi connectivity index (χ3n) is 5.37. The predicted octanol–water partition coefficient (Wildman–Crippen LogP) is 3.86. The highest BCUT2D eigenvalue weighted by molar-refractivity contribution is 8.00. The number of nitrogens with two attached hydrogens (primary N) is 1. The third-order valence-corrected chi connectivity index (χ3v) is 7.09. The number of benzene rings is 2. The average molecular weight is 384 g/mol. The number of anilines is 1. The summed E-state index contributed by atoms with van der Waals surface area (Å²) < 4.78 is 0. The quantitative estimate of drug-likeness (QED) is 0.553. The van der Waals surface area contributed by atoms with Crippen molar-refractivity contribution in [2.45, 2.75) is 30.1 Å². The summed E-state index contributed by atoms with van der Waals surface area (Å²) in [5.41, 5.74) is 10.8. The molecule has 1 saturated heterocycles. The Morgan fingerprint density at radius 3 is 2.46 bits per heavy atom. The molecule has 5 heteroatoms. The third kappa shape index (κ3) is 3.61. The maximum Gasteiger partial charge on any atom is 0.0836 e. The van der Waals surface area contributed by atoms with Crippen LogP contribution in [0.4, 0.5) is 5.69 Å². The minimum Gasteiger partial charge on any atom is -0.398 e. The van der Waals surface area contributed by atoms with Gasteiger partial charge in [0.05, 0.1) is 11.0 Å². The monoisotopic (exact) mass is 383 g/mol. The van der Waals surface area contributed by atoms with Crippen LogP contribution in [0.1, 0.15) is 41.5 Å². The van der Waals surface area contributed by atoms with E-state index >= 15 is 0 Å². The second-order valence-corrected chi connectivity index (χ2v) is 8.87. The first-order valence-electron chi connectivity index (χ1n) is 9.30. The molecule has 3 nitrogen and oxygen atoms in total. The molecular formula is C21H25N3S2. The number of hydrogen-bond acceptors (Lipinski definition) is 4. The van der Waals surface area contributed by atoms with E-state index in [1.165, 1.54) is 23.3 Å². The number of thiocarbonyl (C=S) groups is 1. The van der Waals surface area contributed by atoms with E-state index in [2.05, 4.69) is 52.7 Å². The minimum atomic E-state index is 0.0434. The van der Waals surface area contributed by atoms with Crippen LogP contribution in [0.15, 0.2) is 48.5 Å². The zero-order valence-electron chi connectivity index (χ0n) is 14.8. The lowest BCUT2D eigenvalue weighted by Gasteiger charge is -2.35. The van der Waals surface area contributed by atoms with Crippen molar-refractivity contribution in [3.8, 4) is 0 Å². The fraction of sp³-hybridized carbons (Fsp3) is 0.381. The van der Waals surface area contributed by atoms with Gasteiger partial charge in [0.1, 0.15) is 0 Å². The predicted molar refractivity (Wildman–Crippen MR) is 116 cm³/mol. The number of thioether (sulfide) groups is 1. The van der Waals surface area contributed by atoms with E-state index in [0.717, 1.165) is 35.7 Å². The maximum absolute atomic E-state index is 6.25. The summed E-state index contributed by atoms with van der Waals surface area (Å²) in [5, 5.41) is 7.80. The van der Waals surface area contributed by atoms with Gasteiger partial charge in [0.25, 0.3) is 0 Å². The molecule has 2 heterocycles. The van der Waals surface area contributed by atoms with Crippen molar-refractivity contribution in [3.63, 3.8) is 0 Å². The van der Waals surface area contributed by atoms with Gasteiger partial charge in [-0.25, -0.2) is 0 Å². The Labute approximate surface area is 165 Å². The molecule has 0 aromatic heterocycles. The number of para-hydroxylation sites is 1. The van der Waals surface area contributed by atoms with Crippen LogP contribution >= 0.6 is 24.0 Å². The Morgan fingerprint density at radius 2 is 1.73 bits per heavy atom. The van der Waals surface area contributed by atoms with Gasteiger partial charge >= 0.3 is 0 Å². The fourth-order valence-electron chi connectivity index (χ4n) is 4.02. The van der Waals surface area contributed by atoms with E-state index < -0.39 is 0 Å². The van der Waals surface area contributed by atoms with Crippen molar-refractivity contribution in [1.29, 1.82) is 0 Å². The van der Waals surface area contributed by atoms with Crippen molar-refractivity contribution in [1.82, 2.24) is 10.6 Å². The first-order chi connectivity index (χ1) is 12.7. The Bertz CT molecular complexity index is 786. The van der Waals surface area contributed by atoms with Crippen LogP contribution in [-0.4, -0.2) is 29.1 Å². The van der Waals surface area contributed by atoms with Crippen LogP contribution in [0, 0.1) is 0 Å². The standard InChI is InChI=1S/C21H25N3S2/c22-19-8-4-3-7-18(19)20-16-6-2-1-5-15(16)17(21(25)24-20)10-9-14-13-23-11-12-26-14/h1-8,14,17,20,23H,9-13,22H2,(H,24,25). The van der Waals surface area contributed by atoms with Crippen LogP contribution in [0.25, 0.3) is 0 Å². The lowest BCUT2D eigenvalue weighted by Crippen LogP contribution is -2.39. The molecule has 2 aliphatic heterocycles. The Morgan fingerprint density at radius 1 is 1.00 bits per heavy atom. The molecule has 136 valence electrons. The summed E-state index contributed by atoms with van der Waals surface area (Å²) in [6, 6.07) is 16.8. The molecule has 4 rings (SSSR count). The number of hydrogen-bond donors (Lipinski definition) is 3. The van der Waals surface area contributed by atoms with E-state index in [1.807, 2.05) is 18.2 Å². The van der Waals surface area contributed by atoms with Crippen molar-refractivity contribution < 1.29 is 0 Å². The SMILES string of the molecule is Nc1ccccc1C1NC(=S)C(CCC2CNCCS2)c2ccccc21. The van der Waals surface area contributed by atoms with Gasteiger partial charge in [0.15, 0.2) is 0 Å². The van der Waals surface area contributed by atoms with Crippen LogP contribution in [-0.2, 0) is 0 Å². The van der Waals surface area contributed by atoms with Gasteiger partial charge in [-0.15, -0.1) is 0 Å². The molecule has 3 atom stereocenters. The smallest absolute Gasteiger partial charge is 0.0836 e. The minimum absolute atomic E-state index is 0.0434. The van der Waals surface area contributed by atoms with Gasteiger partial charge in [-0.1, -0.05) is 54.7 Å². The first kappa shape index (κ1) is 17.8. The van der Waals surface area contributed by atoms with Crippen LogP contribution < -0.4 is 16.4 Å². The van der Waals surface area contributed by atoms with Gasteiger partial charge in [0.2, 0.25) is 0 Å². The normalized spacial score (nSPS) is 25.4. The molecule has 2 aliphatic rings. The summed E-state index contributed by atoms with van der Waals surface area (Å²) in [5.74, 6) is 1.51. The number of nitrogen functional groups attached to an aromatic ring is 1. The van der Waals surface area contributed by atoms with Crippen molar-refractivity contribution in [2.75, 3.05) is 24.6 Å². The summed E-state index contributed by atoms with van der Waals surface area (Å²) >= 11 is 7.91. The molecule has 2 aromatic rings. The van der Waals surface area contributed by atoms with Gasteiger partial charge < -0.3 is 16.4 Å². The highest BCUT2D eigenvalue weighted by Gasteiger charge is 2.32. The van der Waals surface area contributed by atoms with E-state index in [1.54, 1.807) is 0 Å². The van der Waals surface area contributed by atoms with E-state index in [0.29, 0.717) is 11.2 Å². The van der Waals surface area contributed by atoms with Crippen LogP contribution in [0.3, 0.4) is 0 Å². The lowest BCUT2D eigenvalue weighted by molar-refractivity contribution is 0.583. The molecule has 3 unspecified atom stereocenters. The largest absolute Gasteiger partial charge is 0.398 e. The topological polar surface area (TPSA) is 50.1 Å². The lowest BCUT2D eigenvalue weighted by atomic mass is 9.81. The summed E-state index contributed by atoms with van der Waals surface area (Å²) in [7, 11) is 0. The highest BCUT2D eigenvalue weighted by Crippen LogP contribution is 2.39. The van der Waals surface area contributed by atoms with Gasteiger partial charge in [-0.05, 0) is 30.0 Å². The first-order valence-corrected chi connectivity index (χ1v) is 10.8. The molecule has 2 aromatic carbocycles. The average Bonchev–Trinajstić information content (AvgIpc) is 2.68. The van der Waals surface area contributed by atoms with Gasteiger partial charge in [0, 0.05) is 41.3 Å². The Hall–Kier alpha value is -1.56. The van der Waals surface area contributed by atoms with E-state index in [9.17, 15) is 0 Å². The molecule has 0 amide bonds. The zero-order valence-corrected chi connectivity index (χ0v) is 16.4. The van der Waals surface area contributed by atoms with E-state index in [4.69, 9.17) is 18.0 Å². The van der Waals surface area contributed by atoms with Crippen molar-refractivity contribution >= 4 is 34.7 Å².